The molecule has 2 aromatic heterocycles. The molecule has 1 aliphatic heterocycles. The number of aliphatic hydroxyl groups is 2. The van der Waals surface area contributed by atoms with Gasteiger partial charge in [-0.05, 0) is 44.4 Å². The molecule has 12 nitrogen and oxygen atoms in total. The largest absolute Gasteiger partial charge is 0.481 e. The number of carbonyl (C=O) groups excluding carboxylic acids is 1. The summed E-state index contributed by atoms with van der Waals surface area (Å²) in [6.07, 6.45) is -0.281. The number of amides is 1. The minimum Gasteiger partial charge on any atom is -0.481 e. The summed E-state index contributed by atoms with van der Waals surface area (Å²) in [6.45, 7) is 2.09. The molecule has 0 unspecified atom stereocenters. The fourth-order valence-corrected chi connectivity index (χ4v) is 4.45. The molecule has 182 valence electrons. The number of ether oxygens (including phenoxy) is 1. The normalized spacial score (nSPS) is 28.9. The van der Waals surface area contributed by atoms with Crippen molar-refractivity contribution >= 4 is 28.9 Å². The third kappa shape index (κ3) is 4.68. The Morgan fingerprint density at radius 2 is 1.97 bits per heavy atom. The number of nitrogens with two attached hydrogens (primary N) is 1. The number of hydrogen-bond donors (Lipinski definition) is 5. The molecular formula is C22H28N6O6. The third-order valence-corrected chi connectivity index (χ3v) is 6.36. The number of anilines is 1. The first-order valence-corrected chi connectivity index (χ1v) is 11.3. The van der Waals surface area contributed by atoms with Gasteiger partial charge in [0.1, 0.15) is 17.7 Å². The van der Waals surface area contributed by atoms with Crippen molar-refractivity contribution in [1.82, 2.24) is 24.8 Å². The lowest BCUT2D eigenvalue weighted by molar-refractivity contribution is -0.143. The Hall–Kier alpha value is -3.27. The zero-order valence-corrected chi connectivity index (χ0v) is 18.7. The minimum atomic E-state index is -1.43. The zero-order valence-electron chi connectivity index (χ0n) is 18.7. The molecule has 6 N–H and O–H groups in total. The molecule has 2 fully saturated rings. The molecule has 1 saturated carbocycles. The topological polar surface area (TPSA) is 186 Å². The van der Waals surface area contributed by atoms with E-state index in [0.29, 0.717) is 31.7 Å². The van der Waals surface area contributed by atoms with Gasteiger partial charge in [-0.3, -0.25) is 14.2 Å². The monoisotopic (exact) mass is 472 g/mol. The van der Waals surface area contributed by atoms with Gasteiger partial charge in [-0.15, -0.1) is 0 Å². The van der Waals surface area contributed by atoms with E-state index in [4.69, 9.17) is 15.6 Å². The first-order chi connectivity index (χ1) is 16.3. The number of fused-ring (bicyclic) bond motifs is 1. The summed E-state index contributed by atoms with van der Waals surface area (Å²) in [7, 11) is 0. The van der Waals surface area contributed by atoms with Crippen molar-refractivity contribution in [1.29, 1.82) is 0 Å². The summed E-state index contributed by atoms with van der Waals surface area (Å²) >= 11 is 0. The van der Waals surface area contributed by atoms with Gasteiger partial charge in [0.05, 0.1) is 12.2 Å². The van der Waals surface area contributed by atoms with E-state index in [2.05, 4.69) is 32.1 Å². The maximum atomic E-state index is 12.2. The van der Waals surface area contributed by atoms with E-state index < -0.39 is 36.4 Å². The fraction of sp³-hybridized carbons (Fsp3) is 0.591. The predicted molar refractivity (Wildman–Crippen MR) is 119 cm³/mol. The number of carbonyl (C=O) groups is 2. The number of aliphatic hydroxyl groups excluding tert-OH is 2. The van der Waals surface area contributed by atoms with Gasteiger partial charge in [0.2, 0.25) is 5.82 Å². The van der Waals surface area contributed by atoms with Crippen LogP contribution in [0.25, 0.3) is 11.2 Å². The molecule has 0 bridgehead atoms. The van der Waals surface area contributed by atoms with Crippen LogP contribution in [0.5, 0.6) is 0 Å². The highest BCUT2D eigenvalue weighted by Gasteiger charge is 2.47. The second-order valence-corrected chi connectivity index (χ2v) is 8.64. The van der Waals surface area contributed by atoms with Crippen LogP contribution in [0.1, 0.15) is 51.1 Å². The molecule has 1 saturated heterocycles. The van der Waals surface area contributed by atoms with Gasteiger partial charge in [-0.25, -0.2) is 15.0 Å². The molecule has 3 heterocycles. The first-order valence-electron chi connectivity index (χ1n) is 11.3. The van der Waals surface area contributed by atoms with Crippen LogP contribution in [-0.4, -0.2) is 71.6 Å². The Morgan fingerprint density at radius 1 is 1.24 bits per heavy atom. The van der Waals surface area contributed by atoms with E-state index in [1.165, 1.54) is 10.9 Å². The molecule has 1 amide bonds. The molecule has 0 spiro atoms. The number of nitrogens with zero attached hydrogens (tertiary/aromatic N) is 4. The number of hydrogen-bond acceptors (Lipinski definition) is 9. The Kier molecular flexibility index (Phi) is 6.97. The van der Waals surface area contributed by atoms with Crippen LogP contribution in [0.2, 0.25) is 0 Å². The van der Waals surface area contributed by atoms with Crippen molar-refractivity contribution in [3.63, 3.8) is 0 Å². The van der Waals surface area contributed by atoms with E-state index in [1.54, 1.807) is 6.92 Å². The van der Waals surface area contributed by atoms with Crippen molar-refractivity contribution in [3.8, 4) is 11.8 Å². The number of nitrogen functional groups attached to an aromatic ring is 1. The van der Waals surface area contributed by atoms with E-state index in [9.17, 15) is 19.8 Å². The van der Waals surface area contributed by atoms with Crippen LogP contribution in [0.3, 0.4) is 0 Å². The number of rotatable bonds is 5. The van der Waals surface area contributed by atoms with Crippen molar-refractivity contribution in [2.45, 2.75) is 63.6 Å². The molecule has 2 aliphatic rings. The molecule has 2 aromatic rings. The number of likely N-dealkylation sites (N-methyl/N-ethyl adjacent to an activating group) is 1. The fourth-order valence-electron chi connectivity index (χ4n) is 4.45. The summed E-state index contributed by atoms with van der Waals surface area (Å²) in [5.74, 6) is 5.02. The van der Waals surface area contributed by atoms with E-state index in [-0.39, 0.29) is 28.7 Å². The number of nitrogens with one attached hydrogen (secondary N) is 1. The second kappa shape index (κ2) is 9.92. The molecule has 12 heteroatoms. The summed E-state index contributed by atoms with van der Waals surface area (Å²) in [6, 6.07) is 0. The smallest absolute Gasteiger partial charge is 0.306 e. The maximum Gasteiger partial charge on any atom is 0.306 e. The molecule has 0 aromatic carbocycles. The number of aromatic nitrogens is 4. The standard InChI is InChI=1S/C22H28N6O6/c1-2-24-20(31)17-15(29)16(30)21(34-17)28-10-25-14-18(23)26-13(27-19(14)28)5-3-4-11-6-8-12(9-7-11)22(32)33/h10-12,15-17,21,29-30H,2,4,6-9H2,1H3,(H,24,31)(H,32,33)(H2,23,26,27)/t11?,12?,15-,16+,17-,21+/m0/s1. The zero-order chi connectivity index (χ0) is 24.4. The van der Waals surface area contributed by atoms with Crippen molar-refractivity contribution < 1.29 is 29.6 Å². The summed E-state index contributed by atoms with van der Waals surface area (Å²) < 4.78 is 7.05. The second-order valence-electron chi connectivity index (χ2n) is 8.64. The number of imidazole rings is 1. The van der Waals surface area contributed by atoms with Gasteiger partial charge in [-0.1, -0.05) is 5.92 Å². The summed E-state index contributed by atoms with van der Waals surface area (Å²) in [5, 5.41) is 32.5. The van der Waals surface area contributed by atoms with Crippen molar-refractivity contribution in [3.05, 3.63) is 12.2 Å². The van der Waals surface area contributed by atoms with Crippen LogP contribution in [0.15, 0.2) is 6.33 Å². The average molecular weight is 473 g/mol. The Morgan fingerprint density at radius 3 is 2.65 bits per heavy atom. The highest BCUT2D eigenvalue weighted by Crippen LogP contribution is 2.33. The van der Waals surface area contributed by atoms with E-state index in [1.807, 2.05) is 0 Å². The van der Waals surface area contributed by atoms with Gasteiger partial charge in [0, 0.05) is 13.0 Å². The highest BCUT2D eigenvalue weighted by molar-refractivity contribution is 5.83. The van der Waals surface area contributed by atoms with Gasteiger partial charge < -0.3 is 31.1 Å². The number of aliphatic carboxylic acids is 1. The Bertz CT molecular complexity index is 1130. The van der Waals surface area contributed by atoms with Crippen LogP contribution >= 0.6 is 0 Å². The van der Waals surface area contributed by atoms with Crippen LogP contribution in [0.4, 0.5) is 5.82 Å². The summed E-state index contributed by atoms with van der Waals surface area (Å²) in [4.78, 5) is 36.0. The molecule has 0 radical (unpaired) electrons. The van der Waals surface area contributed by atoms with Crippen molar-refractivity contribution in [2.75, 3.05) is 12.3 Å². The van der Waals surface area contributed by atoms with Gasteiger partial charge in [-0.2, -0.15) is 0 Å². The molecule has 34 heavy (non-hydrogen) atoms. The average Bonchev–Trinajstić information content (AvgIpc) is 3.36. The van der Waals surface area contributed by atoms with E-state index >= 15 is 0 Å². The van der Waals surface area contributed by atoms with Gasteiger partial charge in [0.25, 0.3) is 5.91 Å². The van der Waals surface area contributed by atoms with Crippen LogP contribution in [0, 0.1) is 23.7 Å². The molecule has 4 rings (SSSR count). The van der Waals surface area contributed by atoms with Crippen LogP contribution < -0.4 is 11.1 Å². The predicted octanol–water partition coefficient (Wildman–Crippen LogP) is -0.204. The number of carboxylic acids is 1. The minimum absolute atomic E-state index is 0.100. The third-order valence-electron chi connectivity index (χ3n) is 6.36. The summed E-state index contributed by atoms with van der Waals surface area (Å²) in [5.41, 5.74) is 6.57. The molecule has 4 atom stereocenters. The van der Waals surface area contributed by atoms with Gasteiger partial charge in [0.15, 0.2) is 23.8 Å². The lowest BCUT2D eigenvalue weighted by Gasteiger charge is -2.24. The number of carboxylic acid groups (broad SMARTS) is 1. The van der Waals surface area contributed by atoms with Crippen molar-refractivity contribution in [2.24, 2.45) is 11.8 Å². The highest BCUT2D eigenvalue weighted by atomic mass is 16.6. The maximum absolute atomic E-state index is 12.2. The lowest BCUT2D eigenvalue weighted by Crippen LogP contribution is -2.42. The Labute approximate surface area is 195 Å². The van der Waals surface area contributed by atoms with Crippen LogP contribution in [-0.2, 0) is 14.3 Å². The lowest BCUT2D eigenvalue weighted by atomic mass is 9.81. The molecule has 1 aliphatic carbocycles. The quantitative estimate of drug-likeness (QED) is 0.365. The first kappa shape index (κ1) is 23.9. The van der Waals surface area contributed by atoms with E-state index in [0.717, 1.165) is 12.8 Å². The SMILES string of the molecule is CCNC(=O)[C@H]1O[C@@H](n2cnc3c(N)nc(C#CCC4CCC(C(=O)O)CC4)nc32)[C@H](O)[C@@H]1O. The molecular weight excluding hydrogens is 444 g/mol. The van der Waals surface area contributed by atoms with Gasteiger partial charge >= 0.3 is 5.97 Å². The Balaban J connectivity index is 1.52.